The summed E-state index contributed by atoms with van der Waals surface area (Å²) in [5.74, 6) is -0.464. The van der Waals surface area contributed by atoms with E-state index in [9.17, 15) is 9.59 Å². The Balaban J connectivity index is 1.58. The zero-order chi connectivity index (χ0) is 23.4. The van der Waals surface area contributed by atoms with Gasteiger partial charge in [-0.15, -0.1) is 5.10 Å². The molecule has 0 saturated heterocycles. The van der Waals surface area contributed by atoms with Gasteiger partial charge in [0.05, 0.1) is 19.0 Å². The Morgan fingerprint density at radius 2 is 1.97 bits per heavy atom. The minimum atomic E-state index is -0.655. The van der Waals surface area contributed by atoms with Crippen LogP contribution in [-0.4, -0.2) is 38.7 Å². The van der Waals surface area contributed by atoms with Gasteiger partial charge in [-0.2, -0.15) is 0 Å². The van der Waals surface area contributed by atoms with Gasteiger partial charge in [0.1, 0.15) is 0 Å². The minimum absolute atomic E-state index is 0.293. The molecule has 3 N–H and O–H groups in total. The molecule has 4 rings (SSSR count). The van der Waals surface area contributed by atoms with Crippen LogP contribution in [0.5, 0.6) is 5.88 Å². The number of methoxy groups -OCH3 is 1. The summed E-state index contributed by atoms with van der Waals surface area (Å²) in [6.07, 6.45) is 4.47. The Kier molecular flexibility index (Phi) is 6.14. The fraction of sp³-hybridized carbons (Fsp3) is 0.0833. The molecule has 0 aliphatic carbocycles. The van der Waals surface area contributed by atoms with Crippen LogP contribution in [0.3, 0.4) is 0 Å². The standard InChI is InChI=1S/C24H21N5O4/c1-15-6-8-17(20-14-29-21(25-20)9-11-23(27-29)33-2)13-19(15)26-24(31)18-5-3-4-16(12-18)7-10-22(30)28-32/h3-14,32H,1-2H3,(H,26,31)(H,28,30). The number of aromatic nitrogens is 3. The molecule has 33 heavy (non-hydrogen) atoms. The molecule has 4 aromatic rings. The normalized spacial score (nSPS) is 11.0. The van der Waals surface area contributed by atoms with Crippen molar-refractivity contribution in [1.82, 2.24) is 20.1 Å². The van der Waals surface area contributed by atoms with Crippen molar-refractivity contribution in [3.63, 3.8) is 0 Å². The highest BCUT2D eigenvalue weighted by Gasteiger charge is 2.12. The van der Waals surface area contributed by atoms with Gasteiger partial charge in [-0.1, -0.05) is 24.3 Å². The van der Waals surface area contributed by atoms with Crippen LogP contribution in [0.2, 0.25) is 0 Å². The molecule has 0 fully saturated rings. The number of rotatable bonds is 6. The number of ether oxygens (including phenoxy) is 1. The number of nitrogens with zero attached hydrogens (tertiary/aromatic N) is 3. The summed E-state index contributed by atoms with van der Waals surface area (Å²) in [6.45, 7) is 1.90. The average Bonchev–Trinajstić information content (AvgIpc) is 3.27. The third-order valence-electron chi connectivity index (χ3n) is 4.97. The summed E-state index contributed by atoms with van der Waals surface area (Å²) < 4.78 is 6.80. The van der Waals surface area contributed by atoms with Crippen LogP contribution in [0.1, 0.15) is 21.5 Å². The van der Waals surface area contributed by atoms with Gasteiger partial charge in [0.2, 0.25) is 5.88 Å². The highest BCUT2D eigenvalue weighted by atomic mass is 16.5. The van der Waals surface area contributed by atoms with Crippen molar-refractivity contribution < 1.29 is 19.5 Å². The second-order valence-corrected chi connectivity index (χ2v) is 7.22. The van der Waals surface area contributed by atoms with Crippen LogP contribution in [0.4, 0.5) is 5.69 Å². The lowest BCUT2D eigenvalue weighted by molar-refractivity contribution is -0.124. The van der Waals surface area contributed by atoms with E-state index in [0.717, 1.165) is 11.1 Å². The fourth-order valence-corrected chi connectivity index (χ4v) is 3.22. The molecule has 0 unspecified atom stereocenters. The second-order valence-electron chi connectivity index (χ2n) is 7.22. The third-order valence-corrected chi connectivity index (χ3v) is 4.97. The zero-order valence-corrected chi connectivity index (χ0v) is 17.9. The number of carbonyl (C=O) groups excluding carboxylic acids is 2. The lowest BCUT2D eigenvalue weighted by atomic mass is 10.1. The third kappa shape index (κ3) is 4.89. The van der Waals surface area contributed by atoms with Crippen LogP contribution in [0.25, 0.3) is 23.0 Å². The smallest absolute Gasteiger partial charge is 0.267 e. The van der Waals surface area contributed by atoms with E-state index >= 15 is 0 Å². The Morgan fingerprint density at radius 1 is 1.12 bits per heavy atom. The molecule has 9 nitrogen and oxygen atoms in total. The van der Waals surface area contributed by atoms with E-state index in [4.69, 9.17) is 9.94 Å². The summed E-state index contributed by atoms with van der Waals surface area (Å²) in [7, 11) is 1.55. The van der Waals surface area contributed by atoms with Crippen LogP contribution in [-0.2, 0) is 4.79 Å². The van der Waals surface area contributed by atoms with Crippen molar-refractivity contribution in [3.05, 3.63) is 83.6 Å². The lowest BCUT2D eigenvalue weighted by Crippen LogP contribution is -2.15. The van der Waals surface area contributed by atoms with E-state index in [0.29, 0.717) is 34.0 Å². The highest BCUT2D eigenvalue weighted by molar-refractivity contribution is 6.05. The predicted molar refractivity (Wildman–Crippen MR) is 123 cm³/mol. The minimum Gasteiger partial charge on any atom is -0.480 e. The Bertz CT molecular complexity index is 1380. The van der Waals surface area contributed by atoms with Crippen molar-refractivity contribution in [2.24, 2.45) is 0 Å². The maximum atomic E-state index is 12.9. The van der Waals surface area contributed by atoms with E-state index in [1.807, 2.05) is 31.2 Å². The lowest BCUT2D eigenvalue weighted by Gasteiger charge is -2.10. The van der Waals surface area contributed by atoms with Gasteiger partial charge in [-0.05, 0) is 48.4 Å². The van der Waals surface area contributed by atoms with Crippen LogP contribution >= 0.6 is 0 Å². The van der Waals surface area contributed by atoms with E-state index in [1.165, 1.54) is 17.6 Å². The van der Waals surface area contributed by atoms with Gasteiger partial charge in [0.25, 0.3) is 11.8 Å². The number of hydrogen-bond acceptors (Lipinski definition) is 6. The van der Waals surface area contributed by atoms with E-state index in [2.05, 4.69) is 15.4 Å². The van der Waals surface area contributed by atoms with Crippen molar-refractivity contribution >= 4 is 29.2 Å². The number of amides is 2. The number of benzene rings is 2. The molecule has 0 atom stereocenters. The number of anilines is 1. The fourth-order valence-electron chi connectivity index (χ4n) is 3.22. The van der Waals surface area contributed by atoms with Crippen LogP contribution < -0.4 is 15.5 Å². The van der Waals surface area contributed by atoms with Gasteiger partial charge < -0.3 is 10.1 Å². The molecule has 0 bridgehead atoms. The molecule has 0 aliphatic heterocycles. The summed E-state index contributed by atoms with van der Waals surface area (Å²) in [5, 5.41) is 15.9. The summed E-state index contributed by atoms with van der Waals surface area (Å²) >= 11 is 0. The van der Waals surface area contributed by atoms with E-state index in [-0.39, 0.29) is 5.91 Å². The number of hydroxylamine groups is 1. The number of aryl methyl sites for hydroxylation is 1. The van der Waals surface area contributed by atoms with Crippen LogP contribution in [0, 0.1) is 6.92 Å². The molecule has 0 spiro atoms. The summed E-state index contributed by atoms with van der Waals surface area (Å²) in [5.41, 5.74) is 6.35. The molecular formula is C24H21N5O4. The first-order valence-electron chi connectivity index (χ1n) is 10.0. The maximum Gasteiger partial charge on any atom is 0.267 e. The Hall–Kier alpha value is -4.50. The van der Waals surface area contributed by atoms with Crippen molar-refractivity contribution in [1.29, 1.82) is 0 Å². The van der Waals surface area contributed by atoms with Gasteiger partial charge in [-0.3, -0.25) is 14.8 Å². The van der Waals surface area contributed by atoms with Crippen LogP contribution in [0.15, 0.2) is 66.9 Å². The first-order chi connectivity index (χ1) is 16.0. The van der Waals surface area contributed by atoms with Gasteiger partial charge in [-0.25, -0.2) is 15.0 Å². The number of hydrogen-bond donors (Lipinski definition) is 3. The molecule has 0 radical (unpaired) electrons. The first kappa shape index (κ1) is 21.7. The quantitative estimate of drug-likeness (QED) is 0.239. The second kappa shape index (κ2) is 9.33. The SMILES string of the molecule is COc1ccc2nc(-c3ccc(C)c(NC(=O)c4cccc(C=CC(=O)NO)c4)c3)cn2n1. The topological polar surface area (TPSA) is 118 Å². The highest BCUT2D eigenvalue weighted by Crippen LogP contribution is 2.26. The predicted octanol–water partition coefficient (Wildman–Crippen LogP) is 3.48. The molecule has 0 aliphatic rings. The van der Waals surface area contributed by atoms with Gasteiger partial charge in [0.15, 0.2) is 5.65 Å². The molecule has 0 saturated carbocycles. The van der Waals surface area contributed by atoms with Gasteiger partial charge in [0, 0.05) is 29.0 Å². The Morgan fingerprint density at radius 3 is 2.76 bits per heavy atom. The molecule has 2 aromatic carbocycles. The molecule has 2 aromatic heterocycles. The van der Waals surface area contributed by atoms with E-state index < -0.39 is 5.91 Å². The van der Waals surface area contributed by atoms with E-state index in [1.54, 1.807) is 48.2 Å². The molecular weight excluding hydrogens is 422 g/mol. The van der Waals surface area contributed by atoms with Crippen molar-refractivity contribution in [2.75, 3.05) is 12.4 Å². The first-order valence-corrected chi connectivity index (χ1v) is 10.0. The average molecular weight is 443 g/mol. The summed E-state index contributed by atoms with van der Waals surface area (Å²) in [6, 6.07) is 16.1. The largest absolute Gasteiger partial charge is 0.480 e. The maximum absolute atomic E-state index is 12.9. The summed E-state index contributed by atoms with van der Waals surface area (Å²) in [4.78, 5) is 28.6. The monoisotopic (exact) mass is 443 g/mol. The zero-order valence-electron chi connectivity index (χ0n) is 17.9. The number of carbonyl (C=O) groups is 2. The molecule has 2 heterocycles. The van der Waals surface area contributed by atoms with Gasteiger partial charge >= 0.3 is 0 Å². The van der Waals surface area contributed by atoms with Crippen molar-refractivity contribution in [3.8, 4) is 17.1 Å². The number of nitrogens with one attached hydrogen (secondary N) is 2. The number of fused-ring (bicyclic) bond motifs is 1. The number of imidazole rings is 1. The Labute approximate surface area is 189 Å². The molecule has 9 heteroatoms. The molecule has 2 amide bonds. The van der Waals surface area contributed by atoms with Crippen molar-refractivity contribution in [2.45, 2.75) is 6.92 Å². The molecule has 166 valence electrons.